The highest BCUT2D eigenvalue weighted by Gasteiger charge is 2.06. The standard InChI is InChI=1S/C27H26N2O4/c1-18(2)27(31)33-24-12-9-21(10-13-24)20-6-3-19(4-7-20)5-14-26(30)32-16-15-22-8-11-23(28)17-25(22)29/h3-14,17H,1,15-16,28-29H2,2H3/b14-5+. The van der Waals surface area contributed by atoms with Gasteiger partial charge in [0.1, 0.15) is 5.75 Å². The van der Waals surface area contributed by atoms with Gasteiger partial charge in [0.2, 0.25) is 0 Å². The van der Waals surface area contributed by atoms with Crippen molar-refractivity contribution < 1.29 is 19.1 Å². The van der Waals surface area contributed by atoms with Crippen LogP contribution in [0.3, 0.4) is 0 Å². The molecule has 3 aromatic carbocycles. The Labute approximate surface area is 193 Å². The Hall–Kier alpha value is -4.32. The minimum Gasteiger partial charge on any atom is -0.462 e. The zero-order chi connectivity index (χ0) is 23.8. The number of carbonyl (C=O) groups is 2. The minimum atomic E-state index is -0.452. The van der Waals surface area contributed by atoms with Crippen molar-refractivity contribution in [1.82, 2.24) is 0 Å². The molecule has 0 aliphatic heterocycles. The molecule has 6 nitrogen and oxygen atoms in total. The number of hydrogen-bond donors (Lipinski definition) is 2. The van der Waals surface area contributed by atoms with Crippen LogP contribution in [-0.4, -0.2) is 18.5 Å². The van der Waals surface area contributed by atoms with Crippen molar-refractivity contribution in [2.24, 2.45) is 0 Å². The number of hydrogen-bond acceptors (Lipinski definition) is 6. The quantitative estimate of drug-likeness (QED) is 0.225. The summed E-state index contributed by atoms with van der Waals surface area (Å²) >= 11 is 0. The average molecular weight is 443 g/mol. The van der Waals surface area contributed by atoms with Crippen LogP contribution in [0.5, 0.6) is 5.75 Å². The lowest BCUT2D eigenvalue weighted by atomic mass is 10.0. The fourth-order valence-corrected chi connectivity index (χ4v) is 3.01. The molecule has 0 radical (unpaired) electrons. The van der Waals surface area contributed by atoms with Crippen LogP contribution in [0.1, 0.15) is 18.1 Å². The highest BCUT2D eigenvalue weighted by atomic mass is 16.5. The lowest BCUT2D eigenvalue weighted by molar-refractivity contribution is -0.137. The molecular formula is C27H26N2O4. The smallest absolute Gasteiger partial charge is 0.338 e. The second kappa shape index (κ2) is 10.8. The van der Waals surface area contributed by atoms with Gasteiger partial charge in [-0.25, -0.2) is 9.59 Å². The molecule has 33 heavy (non-hydrogen) atoms. The summed E-state index contributed by atoms with van der Waals surface area (Å²) in [5.74, 6) is -0.413. The van der Waals surface area contributed by atoms with E-state index in [0.29, 0.717) is 29.1 Å². The molecule has 3 rings (SSSR count). The minimum absolute atomic E-state index is 0.230. The summed E-state index contributed by atoms with van der Waals surface area (Å²) in [7, 11) is 0. The van der Waals surface area contributed by atoms with Gasteiger partial charge in [0.05, 0.1) is 6.61 Å². The Morgan fingerprint density at radius 1 is 0.939 bits per heavy atom. The Bertz CT molecular complexity index is 1180. The summed E-state index contributed by atoms with van der Waals surface area (Å²) < 4.78 is 10.4. The lowest BCUT2D eigenvalue weighted by Gasteiger charge is -2.07. The maximum atomic E-state index is 12.0. The first kappa shape index (κ1) is 23.3. The fraction of sp³-hybridized carbons (Fsp3) is 0.111. The summed E-state index contributed by atoms with van der Waals surface area (Å²) in [6, 6.07) is 20.2. The SMILES string of the molecule is C=C(C)C(=O)Oc1ccc(-c2ccc(/C=C/C(=O)OCCc3ccc(N)cc3N)cc2)cc1. The van der Waals surface area contributed by atoms with Crippen molar-refractivity contribution >= 4 is 29.4 Å². The molecule has 0 spiro atoms. The van der Waals surface area contributed by atoms with Crippen LogP contribution in [0.15, 0.2) is 85.0 Å². The first-order valence-electron chi connectivity index (χ1n) is 10.4. The predicted molar refractivity (Wildman–Crippen MR) is 131 cm³/mol. The van der Waals surface area contributed by atoms with E-state index in [2.05, 4.69) is 6.58 Å². The van der Waals surface area contributed by atoms with Gasteiger partial charge in [-0.1, -0.05) is 49.0 Å². The third-order valence-corrected chi connectivity index (χ3v) is 4.85. The van der Waals surface area contributed by atoms with Gasteiger partial charge >= 0.3 is 11.9 Å². The maximum Gasteiger partial charge on any atom is 0.338 e. The molecule has 0 saturated carbocycles. The largest absolute Gasteiger partial charge is 0.462 e. The zero-order valence-corrected chi connectivity index (χ0v) is 18.4. The van der Waals surface area contributed by atoms with Crippen LogP contribution in [0.25, 0.3) is 17.2 Å². The topological polar surface area (TPSA) is 105 Å². The Kier molecular flexibility index (Phi) is 7.65. The first-order chi connectivity index (χ1) is 15.8. The molecule has 0 aliphatic carbocycles. The van der Waals surface area contributed by atoms with Gasteiger partial charge in [0, 0.05) is 29.4 Å². The Morgan fingerprint density at radius 3 is 2.18 bits per heavy atom. The van der Waals surface area contributed by atoms with Crippen LogP contribution < -0.4 is 16.2 Å². The number of esters is 2. The maximum absolute atomic E-state index is 12.0. The molecule has 0 saturated heterocycles. The average Bonchev–Trinajstić information content (AvgIpc) is 2.80. The molecule has 0 heterocycles. The van der Waals surface area contributed by atoms with E-state index in [9.17, 15) is 9.59 Å². The van der Waals surface area contributed by atoms with Crippen LogP contribution in [-0.2, 0) is 20.7 Å². The Balaban J connectivity index is 1.51. The summed E-state index contributed by atoms with van der Waals surface area (Å²) in [5.41, 5.74) is 16.8. The Morgan fingerprint density at radius 2 is 1.58 bits per heavy atom. The third kappa shape index (κ3) is 6.83. The van der Waals surface area contributed by atoms with Crippen LogP contribution in [0.2, 0.25) is 0 Å². The van der Waals surface area contributed by atoms with Crippen molar-refractivity contribution in [3.8, 4) is 16.9 Å². The van der Waals surface area contributed by atoms with Crippen molar-refractivity contribution in [1.29, 1.82) is 0 Å². The van der Waals surface area contributed by atoms with Gasteiger partial charge in [-0.15, -0.1) is 0 Å². The van der Waals surface area contributed by atoms with Gasteiger partial charge in [0.15, 0.2) is 0 Å². The molecule has 0 aromatic heterocycles. The fourth-order valence-electron chi connectivity index (χ4n) is 3.01. The van der Waals surface area contributed by atoms with Gasteiger partial charge < -0.3 is 20.9 Å². The number of benzene rings is 3. The number of nitrogens with two attached hydrogens (primary N) is 2. The second-order valence-corrected chi connectivity index (χ2v) is 7.53. The van der Waals surface area contributed by atoms with E-state index in [1.165, 1.54) is 6.08 Å². The van der Waals surface area contributed by atoms with E-state index in [4.69, 9.17) is 20.9 Å². The third-order valence-electron chi connectivity index (χ3n) is 4.85. The van der Waals surface area contributed by atoms with E-state index >= 15 is 0 Å². The van der Waals surface area contributed by atoms with Crippen LogP contribution in [0.4, 0.5) is 11.4 Å². The number of nitrogen functional groups attached to an aromatic ring is 2. The van der Waals surface area contributed by atoms with Crippen LogP contribution in [0, 0.1) is 0 Å². The van der Waals surface area contributed by atoms with Crippen molar-refractivity contribution in [3.63, 3.8) is 0 Å². The molecule has 3 aromatic rings. The summed E-state index contributed by atoms with van der Waals surface area (Å²) in [4.78, 5) is 23.6. The molecule has 0 aliphatic rings. The van der Waals surface area contributed by atoms with Crippen molar-refractivity contribution in [2.75, 3.05) is 18.1 Å². The number of anilines is 2. The normalized spacial score (nSPS) is 10.7. The molecule has 168 valence electrons. The molecule has 0 atom stereocenters. The highest BCUT2D eigenvalue weighted by molar-refractivity contribution is 5.89. The first-order valence-corrected chi connectivity index (χ1v) is 10.4. The summed E-state index contributed by atoms with van der Waals surface area (Å²) in [6.45, 7) is 5.40. The second-order valence-electron chi connectivity index (χ2n) is 7.53. The summed E-state index contributed by atoms with van der Waals surface area (Å²) in [5, 5.41) is 0. The summed E-state index contributed by atoms with van der Waals surface area (Å²) in [6.07, 6.45) is 3.61. The predicted octanol–water partition coefficient (Wildman–Crippen LogP) is 4.80. The van der Waals surface area contributed by atoms with Gasteiger partial charge in [-0.2, -0.15) is 0 Å². The van der Waals surface area contributed by atoms with E-state index in [0.717, 1.165) is 22.3 Å². The molecule has 0 bridgehead atoms. The molecule has 4 N–H and O–H groups in total. The van der Waals surface area contributed by atoms with Gasteiger partial charge in [-0.05, 0) is 59.5 Å². The zero-order valence-electron chi connectivity index (χ0n) is 18.4. The highest BCUT2D eigenvalue weighted by Crippen LogP contribution is 2.23. The molecule has 0 amide bonds. The lowest BCUT2D eigenvalue weighted by Crippen LogP contribution is -2.07. The molecular weight excluding hydrogens is 416 g/mol. The van der Waals surface area contributed by atoms with Gasteiger partial charge in [-0.3, -0.25) is 0 Å². The number of carbonyl (C=O) groups excluding carboxylic acids is 2. The van der Waals surface area contributed by atoms with E-state index < -0.39 is 11.9 Å². The van der Waals surface area contributed by atoms with Crippen LogP contribution >= 0.6 is 0 Å². The molecule has 0 unspecified atom stereocenters. The van der Waals surface area contributed by atoms with Gasteiger partial charge in [0.25, 0.3) is 0 Å². The van der Waals surface area contributed by atoms with Crippen molar-refractivity contribution in [2.45, 2.75) is 13.3 Å². The van der Waals surface area contributed by atoms with E-state index in [-0.39, 0.29) is 6.61 Å². The number of ether oxygens (including phenoxy) is 2. The van der Waals surface area contributed by atoms with E-state index in [1.807, 2.05) is 42.5 Å². The molecule has 0 fully saturated rings. The monoisotopic (exact) mass is 442 g/mol. The number of rotatable bonds is 8. The molecule has 6 heteroatoms. The van der Waals surface area contributed by atoms with Crippen molar-refractivity contribution in [3.05, 3.63) is 96.1 Å². The van der Waals surface area contributed by atoms with E-state index in [1.54, 1.807) is 37.3 Å².